The Morgan fingerprint density at radius 1 is 1.29 bits per heavy atom. The summed E-state index contributed by atoms with van der Waals surface area (Å²) in [5.41, 5.74) is 2.73. The first-order valence-electron chi connectivity index (χ1n) is 5.92. The summed E-state index contributed by atoms with van der Waals surface area (Å²) >= 11 is 0. The van der Waals surface area contributed by atoms with E-state index in [0.717, 1.165) is 23.4 Å². The van der Waals surface area contributed by atoms with Gasteiger partial charge in [-0.05, 0) is 37.1 Å². The Morgan fingerprint density at radius 3 is 2.35 bits per heavy atom. The van der Waals surface area contributed by atoms with E-state index in [1.54, 1.807) is 0 Å². The Bertz CT molecular complexity index is 396. The van der Waals surface area contributed by atoms with Crippen molar-refractivity contribution >= 4 is 0 Å². The fourth-order valence-electron chi connectivity index (χ4n) is 1.74. The number of hydrogen-bond donors (Lipinski definition) is 1. The molecule has 0 amide bonds. The van der Waals surface area contributed by atoms with E-state index in [9.17, 15) is 0 Å². The molecule has 0 unspecified atom stereocenters. The lowest BCUT2D eigenvalue weighted by molar-refractivity contribution is 0.305. The van der Waals surface area contributed by atoms with Crippen molar-refractivity contribution in [1.82, 2.24) is 5.32 Å². The minimum absolute atomic E-state index is 0.474. The first kappa shape index (κ1) is 13.5. The summed E-state index contributed by atoms with van der Waals surface area (Å²) in [4.78, 5) is 0. The van der Waals surface area contributed by atoms with Crippen molar-refractivity contribution in [2.24, 2.45) is 0 Å². The van der Waals surface area contributed by atoms with Crippen molar-refractivity contribution < 1.29 is 4.74 Å². The zero-order valence-electron chi connectivity index (χ0n) is 11.0. The van der Waals surface area contributed by atoms with E-state index in [1.807, 2.05) is 26.0 Å². The lowest BCUT2D eigenvalue weighted by atomic mass is 10.1. The summed E-state index contributed by atoms with van der Waals surface area (Å²) in [6.07, 6.45) is 0. The molecule has 0 bridgehead atoms. The van der Waals surface area contributed by atoms with Crippen LogP contribution in [0.1, 0.15) is 30.5 Å². The first-order chi connectivity index (χ1) is 8.04. The fourth-order valence-corrected chi connectivity index (χ4v) is 1.74. The minimum atomic E-state index is 0.474. The minimum Gasteiger partial charge on any atom is -0.492 e. The SMILES string of the molecule is Cc1cc(C#N)cc(C)c1OCCNC(C)C. The monoisotopic (exact) mass is 232 g/mol. The summed E-state index contributed by atoms with van der Waals surface area (Å²) in [5, 5.41) is 12.2. The van der Waals surface area contributed by atoms with Crippen LogP contribution in [-0.2, 0) is 0 Å². The normalized spacial score (nSPS) is 10.4. The van der Waals surface area contributed by atoms with Crippen LogP contribution in [-0.4, -0.2) is 19.2 Å². The summed E-state index contributed by atoms with van der Waals surface area (Å²) in [5.74, 6) is 0.898. The Hall–Kier alpha value is -1.53. The molecule has 0 aromatic heterocycles. The highest BCUT2D eigenvalue weighted by molar-refractivity contribution is 5.47. The maximum absolute atomic E-state index is 8.85. The zero-order valence-corrected chi connectivity index (χ0v) is 11.0. The highest BCUT2D eigenvalue weighted by Gasteiger charge is 2.06. The van der Waals surface area contributed by atoms with Crippen LogP contribution in [0.4, 0.5) is 0 Å². The Morgan fingerprint density at radius 2 is 1.88 bits per heavy atom. The molecule has 3 heteroatoms. The third kappa shape index (κ3) is 4.08. The molecular weight excluding hydrogens is 212 g/mol. The van der Waals surface area contributed by atoms with Crippen molar-refractivity contribution in [2.75, 3.05) is 13.2 Å². The predicted molar refractivity (Wildman–Crippen MR) is 69.3 cm³/mol. The molecule has 0 saturated heterocycles. The third-order valence-electron chi connectivity index (χ3n) is 2.49. The van der Waals surface area contributed by atoms with Crippen LogP contribution in [0.5, 0.6) is 5.75 Å². The van der Waals surface area contributed by atoms with Gasteiger partial charge in [0, 0.05) is 12.6 Å². The van der Waals surface area contributed by atoms with Gasteiger partial charge in [0.1, 0.15) is 12.4 Å². The Labute approximate surface area is 103 Å². The number of nitrogens with one attached hydrogen (secondary N) is 1. The summed E-state index contributed by atoms with van der Waals surface area (Å²) in [6.45, 7) is 9.64. The molecule has 0 spiro atoms. The van der Waals surface area contributed by atoms with Gasteiger partial charge in [0.05, 0.1) is 11.6 Å². The molecule has 0 heterocycles. The number of nitriles is 1. The van der Waals surface area contributed by atoms with Gasteiger partial charge in [-0.1, -0.05) is 13.8 Å². The number of benzene rings is 1. The molecular formula is C14H20N2O. The average molecular weight is 232 g/mol. The van der Waals surface area contributed by atoms with Gasteiger partial charge >= 0.3 is 0 Å². The molecule has 92 valence electrons. The van der Waals surface area contributed by atoms with E-state index in [0.29, 0.717) is 18.2 Å². The zero-order chi connectivity index (χ0) is 12.8. The van der Waals surface area contributed by atoms with Crippen LogP contribution in [0.25, 0.3) is 0 Å². The topological polar surface area (TPSA) is 45.0 Å². The molecule has 1 aromatic rings. The van der Waals surface area contributed by atoms with Gasteiger partial charge in [-0.25, -0.2) is 0 Å². The summed E-state index contributed by atoms with van der Waals surface area (Å²) in [7, 11) is 0. The smallest absolute Gasteiger partial charge is 0.125 e. The number of nitrogens with zero attached hydrogens (tertiary/aromatic N) is 1. The molecule has 0 aliphatic heterocycles. The van der Waals surface area contributed by atoms with Gasteiger partial charge in [-0.2, -0.15) is 5.26 Å². The van der Waals surface area contributed by atoms with Gasteiger partial charge in [0.15, 0.2) is 0 Å². The van der Waals surface area contributed by atoms with Gasteiger partial charge in [-0.3, -0.25) is 0 Å². The van der Waals surface area contributed by atoms with E-state index >= 15 is 0 Å². The van der Waals surface area contributed by atoms with E-state index in [4.69, 9.17) is 10.00 Å². The Balaban J connectivity index is 2.63. The molecule has 1 N–H and O–H groups in total. The number of aryl methyl sites for hydroxylation is 2. The first-order valence-corrected chi connectivity index (χ1v) is 5.92. The van der Waals surface area contributed by atoms with Crippen LogP contribution in [0, 0.1) is 25.2 Å². The second-order valence-corrected chi connectivity index (χ2v) is 4.51. The lowest BCUT2D eigenvalue weighted by Gasteiger charge is -2.14. The van der Waals surface area contributed by atoms with Crippen molar-refractivity contribution in [3.63, 3.8) is 0 Å². The molecule has 3 nitrogen and oxygen atoms in total. The molecule has 0 fully saturated rings. The number of hydrogen-bond acceptors (Lipinski definition) is 3. The van der Waals surface area contributed by atoms with Crippen molar-refractivity contribution in [3.05, 3.63) is 28.8 Å². The number of ether oxygens (including phenoxy) is 1. The molecule has 1 rings (SSSR count). The van der Waals surface area contributed by atoms with Crippen molar-refractivity contribution in [3.8, 4) is 11.8 Å². The molecule has 0 aliphatic rings. The standard InChI is InChI=1S/C14H20N2O/c1-10(2)16-5-6-17-14-11(3)7-13(9-15)8-12(14)4/h7-8,10,16H,5-6H2,1-4H3. The van der Waals surface area contributed by atoms with Crippen LogP contribution in [0.2, 0.25) is 0 Å². The van der Waals surface area contributed by atoms with Gasteiger partial charge < -0.3 is 10.1 Å². The van der Waals surface area contributed by atoms with E-state index in [1.165, 1.54) is 0 Å². The maximum atomic E-state index is 8.85. The van der Waals surface area contributed by atoms with Crippen molar-refractivity contribution in [2.45, 2.75) is 33.7 Å². The number of rotatable bonds is 5. The van der Waals surface area contributed by atoms with E-state index in [-0.39, 0.29) is 0 Å². The van der Waals surface area contributed by atoms with Crippen LogP contribution >= 0.6 is 0 Å². The highest BCUT2D eigenvalue weighted by atomic mass is 16.5. The fraction of sp³-hybridized carbons (Fsp3) is 0.500. The molecule has 0 atom stereocenters. The third-order valence-corrected chi connectivity index (χ3v) is 2.49. The van der Waals surface area contributed by atoms with E-state index < -0.39 is 0 Å². The molecule has 0 radical (unpaired) electrons. The van der Waals surface area contributed by atoms with Gasteiger partial charge in [-0.15, -0.1) is 0 Å². The second kappa shape index (κ2) is 6.27. The van der Waals surface area contributed by atoms with Crippen LogP contribution in [0.15, 0.2) is 12.1 Å². The molecule has 0 aliphatic carbocycles. The lowest BCUT2D eigenvalue weighted by Crippen LogP contribution is -2.27. The summed E-state index contributed by atoms with van der Waals surface area (Å²) < 4.78 is 5.75. The van der Waals surface area contributed by atoms with E-state index in [2.05, 4.69) is 25.2 Å². The quantitative estimate of drug-likeness (QED) is 0.793. The van der Waals surface area contributed by atoms with Gasteiger partial charge in [0.2, 0.25) is 0 Å². The van der Waals surface area contributed by atoms with Crippen LogP contribution in [0.3, 0.4) is 0 Å². The van der Waals surface area contributed by atoms with Crippen molar-refractivity contribution in [1.29, 1.82) is 5.26 Å². The predicted octanol–water partition coefficient (Wildman–Crippen LogP) is 2.55. The largest absolute Gasteiger partial charge is 0.492 e. The molecule has 0 saturated carbocycles. The molecule has 1 aromatic carbocycles. The van der Waals surface area contributed by atoms with Gasteiger partial charge in [0.25, 0.3) is 0 Å². The second-order valence-electron chi connectivity index (χ2n) is 4.51. The summed E-state index contributed by atoms with van der Waals surface area (Å²) in [6, 6.07) is 6.34. The molecule has 17 heavy (non-hydrogen) atoms. The van der Waals surface area contributed by atoms with Crippen LogP contribution < -0.4 is 10.1 Å². The average Bonchev–Trinajstić information content (AvgIpc) is 2.26. The Kier molecular flexibility index (Phi) is 4.99. The maximum Gasteiger partial charge on any atom is 0.125 e. The highest BCUT2D eigenvalue weighted by Crippen LogP contribution is 2.24.